The summed E-state index contributed by atoms with van der Waals surface area (Å²) in [6.07, 6.45) is 18.9. The minimum Gasteiger partial charge on any atom is -0.481 e. The quantitative estimate of drug-likeness (QED) is 0.130. The standard InChI is InChI=1S/C32H54N2O3/c1-25(35)31(32(36)37)30(21-20-27-17-11-7-12-18-27)29(22-23-33)28(24-34-2)19-13-5-3-4-8-14-26-15-9-6-10-16-26/h3-4,7,11-12,17-18,25-26,28-31,34-35H,5-6,8-10,13-16,19-24,33H2,1-2H3,(H,36,37)/b4-3-/t25-,28-,29-,30-,31+/m0/s1. The van der Waals surface area contributed by atoms with Crippen molar-refractivity contribution >= 4 is 5.97 Å². The van der Waals surface area contributed by atoms with Crippen LogP contribution in [0.15, 0.2) is 42.5 Å². The summed E-state index contributed by atoms with van der Waals surface area (Å²) in [7, 11) is 1.97. The maximum atomic E-state index is 12.3. The number of hydrogen-bond donors (Lipinski definition) is 4. The van der Waals surface area contributed by atoms with Gasteiger partial charge in [0, 0.05) is 0 Å². The van der Waals surface area contributed by atoms with Crippen molar-refractivity contribution in [3.8, 4) is 0 Å². The minimum absolute atomic E-state index is 0.134. The summed E-state index contributed by atoms with van der Waals surface area (Å²) < 4.78 is 0. The highest BCUT2D eigenvalue weighted by Gasteiger charge is 2.39. The van der Waals surface area contributed by atoms with Crippen molar-refractivity contribution in [3.63, 3.8) is 0 Å². The number of aryl methyl sites for hydroxylation is 1. The van der Waals surface area contributed by atoms with Gasteiger partial charge in [-0.1, -0.05) is 74.6 Å². The number of aliphatic hydroxyl groups excluding tert-OH is 1. The van der Waals surface area contributed by atoms with Gasteiger partial charge >= 0.3 is 5.97 Å². The second-order valence-electron chi connectivity index (χ2n) is 11.3. The summed E-state index contributed by atoms with van der Waals surface area (Å²) in [6, 6.07) is 10.2. The third-order valence-electron chi connectivity index (χ3n) is 8.58. The zero-order valence-corrected chi connectivity index (χ0v) is 23.5. The van der Waals surface area contributed by atoms with E-state index in [2.05, 4.69) is 29.6 Å². The molecular formula is C32H54N2O3. The van der Waals surface area contributed by atoms with E-state index in [-0.39, 0.29) is 11.8 Å². The van der Waals surface area contributed by atoms with Crippen molar-refractivity contribution in [1.82, 2.24) is 5.32 Å². The summed E-state index contributed by atoms with van der Waals surface area (Å²) in [6.45, 7) is 2.99. The Morgan fingerprint density at radius 2 is 1.76 bits per heavy atom. The number of aliphatic hydroxyl groups is 1. The van der Waals surface area contributed by atoms with Crippen molar-refractivity contribution in [1.29, 1.82) is 0 Å². The Labute approximate surface area is 226 Å². The molecule has 0 aromatic heterocycles. The number of benzene rings is 1. The predicted octanol–water partition coefficient (Wildman–Crippen LogP) is 6.20. The van der Waals surface area contributed by atoms with Crippen LogP contribution in [0, 0.1) is 29.6 Å². The van der Waals surface area contributed by atoms with E-state index in [0.29, 0.717) is 12.5 Å². The lowest BCUT2D eigenvalue weighted by Crippen LogP contribution is -2.42. The Hall–Kier alpha value is -1.69. The maximum absolute atomic E-state index is 12.3. The maximum Gasteiger partial charge on any atom is 0.309 e. The molecule has 5 atom stereocenters. The molecule has 0 amide bonds. The van der Waals surface area contributed by atoms with E-state index >= 15 is 0 Å². The minimum atomic E-state index is -0.904. The van der Waals surface area contributed by atoms with E-state index in [9.17, 15) is 15.0 Å². The van der Waals surface area contributed by atoms with Crippen LogP contribution in [0.1, 0.15) is 89.5 Å². The molecular weight excluding hydrogens is 460 g/mol. The number of allylic oxidation sites excluding steroid dienone is 2. The summed E-state index contributed by atoms with van der Waals surface area (Å²) >= 11 is 0. The van der Waals surface area contributed by atoms with Gasteiger partial charge in [0.05, 0.1) is 12.0 Å². The van der Waals surface area contributed by atoms with Gasteiger partial charge in [0.25, 0.3) is 0 Å². The van der Waals surface area contributed by atoms with Crippen molar-refractivity contribution in [2.45, 2.75) is 96.5 Å². The van der Waals surface area contributed by atoms with Gasteiger partial charge in [-0.2, -0.15) is 0 Å². The SMILES string of the molecule is CNC[C@H](CCC/C=C\CCC1CCCCC1)[C@H](CCN)[C@H](CCc1ccccc1)[C@H](C(=O)O)[C@H](C)O. The average molecular weight is 515 g/mol. The molecule has 1 fully saturated rings. The number of nitrogens with two attached hydrogens (primary N) is 1. The molecule has 0 spiro atoms. The number of hydrogen-bond acceptors (Lipinski definition) is 4. The molecule has 0 bridgehead atoms. The van der Waals surface area contributed by atoms with E-state index in [1.54, 1.807) is 6.92 Å². The molecule has 0 aliphatic heterocycles. The zero-order chi connectivity index (χ0) is 26.9. The molecule has 0 unspecified atom stereocenters. The first-order valence-electron chi connectivity index (χ1n) is 14.9. The number of unbranched alkanes of at least 4 members (excludes halogenated alkanes) is 1. The largest absolute Gasteiger partial charge is 0.481 e. The fourth-order valence-electron chi connectivity index (χ4n) is 6.65. The number of carboxylic acid groups (broad SMARTS) is 1. The van der Waals surface area contributed by atoms with Crippen LogP contribution in [0.4, 0.5) is 0 Å². The van der Waals surface area contributed by atoms with Crippen molar-refractivity contribution in [3.05, 3.63) is 48.0 Å². The van der Waals surface area contributed by atoms with Gasteiger partial charge in [-0.15, -0.1) is 0 Å². The summed E-state index contributed by atoms with van der Waals surface area (Å²) in [5, 5.41) is 24.0. The van der Waals surface area contributed by atoms with Crippen molar-refractivity contribution in [2.24, 2.45) is 35.3 Å². The highest BCUT2D eigenvalue weighted by molar-refractivity contribution is 5.71. The van der Waals surface area contributed by atoms with Gasteiger partial charge < -0.3 is 21.3 Å². The van der Waals surface area contributed by atoms with Crippen molar-refractivity contribution < 1.29 is 15.0 Å². The highest BCUT2D eigenvalue weighted by atomic mass is 16.4. The smallest absolute Gasteiger partial charge is 0.309 e. The van der Waals surface area contributed by atoms with E-state index in [1.807, 2.05) is 25.2 Å². The summed E-state index contributed by atoms with van der Waals surface area (Å²) in [4.78, 5) is 12.3. The fraction of sp³-hybridized carbons (Fsp3) is 0.719. The van der Waals surface area contributed by atoms with Crippen LogP contribution in [0.3, 0.4) is 0 Å². The van der Waals surface area contributed by atoms with Gasteiger partial charge in [-0.3, -0.25) is 4.79 Å². The van der Waals surface area contributed by atoms with Gasteiger partial charge in [0.2, 0.25) is 0 Å². The predicted molar refractivity (Wildman–Crippen MR) is 154 cm³/mol. The Morgan fingerprint density at radius 3 is 2.38 bits per heavy atom. The van der Waals surface area contributed by atoms with Crippen LogP contribution in [-0.2, 0) is 11.2 Å². The van der Waals surface area contributed by atoms with Crippen LogP contribution >= 0.6 is 0 Å². The first-order chi connectivity index (χ1) is 18.0. The molecule has 1 saturated carbocycles. The Balaban J connectivity index is 2.03. The Morgan fingerprint density at radius 1 is 1.05 bits per heavy atom. The summed E-state index contributed by atoms with van der Waals surface area (Å²) in [5.74, 6) is -0.429. The average Bonchev–Trinajstić information content (AvgIpc) is 2.89. The molecule has 210 valence electrons. The van der Waals surface area contributed by atoms with Gasteiger partial charge in [-0.25, -0.2) is 0 Å². The Kier molecular flexibility index (Phi) is 15.8. The van der Waals surface area contributed by atoms with Crippen LogP contribution in [0.2, 0.25) is 0 Å². The van der Waals surface area contributed by atoms with Crippen LogP contribution < -0.4 is 11.1 Å². The van der Waals surface area contributed by atoms with Gasteiger partial charge in [-0.05, 0) is 108 Å². The topological polar surface area (TPSA) is 95.6 Å². The lowest BCUT2D eigenvalue weighted by molar-refractivity contribution is -0.150. The van der Waals surface area contributed by atoms with E-state index < -0.39 is 18.0 Å². The third kappa shape index (κ3) is 11.7. The molecule has 0 heterocycles. The van der Waals surface area contributed by atoms with Crippen LogP contribution in [0.25, 0.3) is 0 Å². The molecule has 0 saturated heterocycles. The number of carboxylic acids is 1. The fourth-order valence-corrected chi connectivity index (χ4v) is 6.65. The molecule has 2 rings (SSSR count). The van der Waals surface area contributed by atoms with E-state index in [4.69, 9.17) is 5.73 Å². The summed E-state index contributed by atoms with van der Waals surface area (Å²) in [5.41, 5.74) is 7.30. The Bertz CT molecular complexity index is 746. The molecule has 5 N–H and O–H groups in total. The molecule has 1 aliphatic rings. The molecule has 0 radical (unpaired) electrons. The first-order valence-corrected chi connectivity index (χ1v) is 14.9. The first kappa shape index (κ1) is 31.5. The van der Waals surface area contributed by atoms with Crippen molar-refractivity contribution in [2.75, 3.05) is 20.1 Å². The second kappa shape index (κ2) is 18.5. The monoisotopic (exact) mass is 514 g/mol. The zero-order valence-electron chi connectivity index (χ0n) is 23.5. The molecule has 1 aromatic carbocycles. The number of carbonyl (C=O) groups is 1. The molecule has 1 aromatic rings. The lowest BCUT2D eigenvalue weighted by Gasteiger charge is -2.38. The molecule has 1 aliphatic carbocycles. The van der Waals surface area contributed by atoms with Crippen LogP contribution in [-0.4, -0.2) is 42.4 Å². The number of nitrogens with one attached hydrogen (secondary N) is 1. The third-order valence-corrected chi connectivity index (χ3v) is 8.58. The highest BCUT2D eigenvalue weighted by Crippen LogP contribution is 2.38. The van der Waals surface area contributed by atoms with Gasteiger partial charge in [0.1, 0.15) is 0 Å². The normalized spacial score (nSPS) is 18.9. The van der Waals surface area contributed by atoms with E-state index in [0.717, 1.165) is 51.0 Å². The number of rotatable bonds is 19. The van der Waals surface area contributed by atoms with Crippen LogP contribution in [0.5, 0.6) is 0 Å². The molecule has 5 nitrogen and oxygen atoms in total. The lowest BCUT2D eigenvalue weighted by atomic mass is 9.68. The second-order valence-corrected chi connectivity index (χ2v) is 11.3. The van der Waals surface area contributed by atoms with Gasteiger partial charge in [0.15, 0.2) is 0 Å². The van der Waals surface area contributed by atoms with E-state index in [1.165, 1.54) is 50.5 Å². The number of aliphatic carboxylic acids is 1. The molecule has 5 heteroatoms. The molecule has 37 heavy (non-hydrogen) atoms.